The lowest BCUT2D eigenvalue weighted by atomic mass is 10.3. The quantitative estimate of drug-likeness (QED) is 0.855. The molecule has 0 saturated carbocycles. The van der Waals surface area contributed by atoms with Crippen LogP contribution >= 0.6 is 11.3 Å². The molecule has 0 saturated heterocycles. The first-order valence-corrected chi connectivity index (χ1v) is 8.93. The van der Waals surface area contributed by atoms with Crippen molar-refractivity contribution in [3.63, 3.8) is 0 Å². The maximum absolute atomic E-state index is 12.2. The third-order valence-electron chi connectivity index (χ3n) is 3.12. The van der Waals surface area contributed by atoms with Crippen LogP contribution in [0.1, 0.15) is 6.92 Å². The van der Waals surface area contributed by atoms with Crippen LogP contribution in [0.3, 0.4) is 0 Å². The molecule has 1 aromatic carbocycles. The van der Waals surface area contributed by atoms with Crippen LogP contribution in [-0.2, 0) is 16.6 Å². The van der Waals surface area contributed by atoms with Gasteiger partial charge in [0.05, 0.1) is 15.1 Å². The molecule has 0 atom stereocenters. The van der Waals surface area contributed by atoms with Crippen LogP contribution in [0.25, 0.3) is 10.2 Å². The van der Waals surface area contributed by atoms with Gasteiger partial charge in [0.25, 0.3) is 0 Å². The second-order valence-electron chi connectivity index (χ2n) is 4.94. The number of aryl methyl sites for hydroxylation is 1. The van der Waals surface area contributed by atoms with Gasteiger partial charge >= 0.3 is 4.87 Å². The van der Waals surface area contributed by atoms with Gasteiger partial charge in [-0.1, -0.05) is 11.3 Å². The Labute approximate surface area is 128 Å². The van der Waals surface area contributed by atoms with Crippen LogP contribution in [0.4, 0.5) is 0 Å². The number of sulfonamides is 1. The summed E-state index contributed by atoms with van der Waals surface area (Å²) < 4.78 is 29.3. The monoisotopic (exact) mass is 329 g/mol. The van der Waals surface area contributed by atoms with Crippen LogP contribution < -0.4 is 9.60 Å². The Morgan fingerprint density at radius 1 is 1.33 bits per heavy atom. The van der Waals surface area contributed by atoms with E-state index in [2.05, 4.69) is 4.72 Å². The van der Waals surface area contributed by atoms with Gasteiger partial charge in [-0.15, -0.1) is 0 Å². The van der Waals surface area contributed by atoms with Crippen molar-refractivity contribution < 1.29 is 8.42 Å². The highest BCUT2D eigenvalue weighted by molar-refractivity contribution is 7.89. The molecule has 116 valence electrons. The van der Waals surface area contributed by atoms with Gasteiger partial charge in [0.15, 0.2) is 0 Å². The molecule has 2 aromatic rings. The number of hydrogen-bond donors (Lipinski definition) is 1. The summed E-state index contributed by atoms with van der Waals surface area (Å²) in [5, 5.41) is 0. The van der Waals surface area contributed by atoms with Crippen molar-refractivity contribution in [2.24, 2.45) is 0 Å². The maximum atomic E-state index is 12.2. The molecular weight excluding hydrogens is 310 g/mol. The lowest BCUT2D eigenvalue weighted by Gasteiger charge is -2.11. The molecule has 0 spiro atoms. The van der Waals surface area contributed by atoms with Crippen LogP contribution in [0.15, 0.2) is 27.9 Å². The molecule has 2 rings (SSSR count). The van der Waals surface area contributed by atoms with Gasteiger partial charge in [0.1, 0.15) is 0 Å². The lowest BCUT2D eigenvalue weighted by molar-refractivity contribution is 0.412. The SMILES string of the molecule is CCn1c(=O)sc2cc(S(=O)(=O)NCCN(C)C)ccc21. The smallest absolute Gasteiger partial charge is 0.308 e. The third kappa shape index (κ3) is 3.52. The molecule has 8 heteroatoms. The molecule has 1 heterocycles. The zero-order valence-electron chi connectivity index (χ0n) is 12.3. The summed E-state index contributed by atoms with van der Waals surface area (Å²) in [7, 11) is 0.221. The molecule has 21 heavy (non-hydrogen) atoms. The first-order chi connectivity index (χ1) is 9.85. The van der Waals surface area contributed by atoms with Crippen molar-refractivity contribution in [3.05, 3.63) is 27.9 Å². The molecule has 0 radical (unpaired) electrons. The van der Waals surface area contributed by atoms with E-state index in [9.17, 15) is 13.2 Å². The number of nitrogens with zero attached hydrogens (tertiary/aromatic N) is 2. The minimum Gasteiger partial charge on any atom is -0.308 e. The van der Waals surface area contributed by atoms with Gasteiger partial charge in [-0.05, 0) is 39.2 Å². The van der Waals surface area contributed by atoms with Crippen LogP contribution in [0, 0.1) is 0 Å². The Bertz CT molecular complexity index is 791. The molecule has 0 aliphatic rings. The highest BCUT2D eigenvalue weighted by Crippen LogP contribution is 2.21. The van der Waals surface area contributed by atoms with E-state index in [-0.39, 0.29) is 9.77 Å². The van der Waals surface area contributed by atoms with E-state index in [1.807, 2.05) is 25.9 Å². The van der Waals surface area contributed by atoms with Gasteiger partial charge in [0.2, 0.25) is 10.0 Å². The number of hydrogen-bond acceptors (Lipinski definition) is 5. The molecule has 0 unspecified atom stereocenters. The van der Waals surface area contributed by atoms with Crippen molar-refractivity contribution in [1.29, 1.82) is 0 Å². The minimum absolute atomic E-state index is 0.0670. The van der Waals surface area contributed by atoms with Gasteiger partial charge in [-0.3, -0.25) is 9.36 Å². The fourth-order valence-corrected chi connectivity index (χ4v) is 4.12. The second kappa shape index (κ2) is 6.27. The van der Waals surface area contributed by atoms with Crippen molar-refractivity contribution in [3.8, 4) is 0 Å². The van der Waals surface area contributed by atoms with Crippen LogP contribution in [0.5, 0.6) is 0 Å². The van der Waals surface area contributed by atoms with E-state index < -0.39 is 10.0 Å². The summed E-state index contributed by atoms with van der Waals surface area (Å²) >= 11 is 1.07. The predicted molar refractivity (Wildman–Crippen MR) is 85.5 cm³/mol. The number of fused-ring (bicyclic) bond motifs is 1. The highest BCUT2D eigenvalue weighted by atomic mass is 32.2. The molecular formula is C13H19N3O3S2. The third-order valence-corrected chi connectivity index (χ3v) is 5.52. The standard InChI is InChI=1S/C13H19N3O3S2/c1-4-16-11-6-5-10(9-12(11)20-13(16)17)21(18,19)14-7-8-15(2)3/h5-6,9,14H,4,7-8H2,1-3H3. The van der Waals surface area contributed by atoms with E-state index in [1.54, 1.807) is 22.8 Å². The zero-order valence-corrected chi connectivity index (χ0v) is 13.9. The molecule has 6 nitrogen and oxygen atoms in total. The Morgan fingerprint density at radius 2 is 2.05 bits per heavy atom. The van der Waals surface area contributed by atoms with Crippen molar-refractivity contribution in [1.82, 2.24) is 14.2 Å². The molecule has 0 aliphatic carbocycles. The van der Waals surface area contributed by atoms with Gasteiger partial charge in [-0.25, -0.2) is 13.1 Å². The fraction of sp³-hybridized carbons (Fsp3) is 0.462. The normalized spacial score (nSPS) is 12.4. The molecule has 0 bridgehead atoms. The molecule has 0 aliphatic heterocycles. The van der Waals surface area contributed by atoms with Crippen LogP contribution in [0.2, 0.25) is 0 Å². The summed E-state index contributed by atoms with van der Waals surface area (Å²) in [5.74, 6) is 0. The van der Waals surface area contributed by atoms with Gasteiger partial charge in [-0.2, -0.15) is 0 Å². The Kier molecular flexibility index (Phi) is 4.82. The number of nitrogens with one attached hydrogen (secondary N) is 1. The van der Waals surface area contributed by atoms with Crippen molar-refractivity contribution in [2.75, 3.05) is 27.2 Å². The average Bonchev–Trinajstić information content (AvgIpc) is 2.72. The summed E-state index contributed by atoms with van der Waals surface area (Å²) in [5.41, 5.74) is 0.778. The minimum atomic E-state index is -3.54. The van der Waals surface area contributed by atoms with Gasteiger partial charge < -0.3 is 4.90 Å². The summed E-state index contributed by atoms with van der Waals surface area (Å²) in [6.07, 6.45) is 0. The highest BCUT2D eigenvalue weighted by Gasteiger charge is 2.16. The molecule has 1 N–H and O–H groups in total. The predicted octanol–water partition coefficient (Wildman–Crippen LogP) is 0.923. The topological polar surface area (TPSA) is 71.4 Å². The number of benzene rings is 1. The van der Waals surface area contributed by atoms with E-state index in [0.29, 0.717) is 24.3 Å². The molecule has 0 fully saturated rings. The van der Waals surface area contributed by atoms with E-state index in [0.717, 1.165) is 16.9 Å². The number of likely N-dealkylation sites (N-methyl/N-ethyl adjacent to an activating group) is 1. The second-order valence-corrected chi connectivity index (χ2v) is 7.70. The Hall–Kier alpha value is -1.22. The van der Waals surface area contributed by atoms with E-state index in [4.69, 9.17) is 0 Å². The zero-order chi connectivity index (χ0) is 15.6. The maximum Gasteiger partial charge on any atom is 0.308 e. The largest absolute Gasteiger partial charge is 0.308 e. The molecule has 0 amide bonds. The Balaban J connectivity index is 2.32. The number of aromatic nitrogens is 1. The first-order valence-electron chi connectivity index (χ1n) is 6.63. The summed E-state index contributed by atoms with van der Waals surface area (Å²) in [6, 6.07) is 4.79. The van der Waals surface area contributed by atoms with E-state index >= 15 is 0 Å². The van der Waals surface area contributed by atoms with Gasteiger partial charge in [0, 0.05) is 19.6 Å². The lowest BCUT2D eigenvalue weighted by Crippen LogP contribution is -2.31. The van der Waals surface area contributed by atoms with Crippen molar-refractivity contribution >= 4 is 31.6 Å². The summed E-state index contributed by atoms with van der Waals surface area (Å²) in [4.78, 5) is 13.8. The average molecular weight is 329 g/mol. The summed E-state index contributed by atoms with van der Waals surface area (Å²) in [6.45, 7) is 3.44. The van der Waals surface area contributed by atoms with E-state index in [1.165, 1.54) is 0 Å². The number of rotatable bonds is 6. The first kappa shape index (κ1) is 16.2. The molecule has 1 aromatic heterocycles. The Morgan fingerprint density at radius 3 is 2.67 bits per heavy atom. The fourth-order valence-electron chi connectivity index (χ4n) is 2.00. The van der Waals surface area contributed by atoms with Crippen molar-refractivity contribution in [2.45, 2.75) is 18.4 Å². The number of thiazole rings is 1. The van der Waals surface area contributed by atoms with Crippen LogP contribution in [-0.4, -0.2) is 45.1 Å².